The van der Waals surface area contributed by atoms with Crippen LogP contribution in [0.15, 0.2) is 27.8 Å². The van der Waals surface area contributed by atoms with Crippen molar-refractivity contribution >= 4 is 16.6 Å². The van der Waals surface area contributed by atoms with Crippen LogP contribution in [0.5, 0.6) is 0 Å². The zero-order chi connectivity index (χ0) is 12.7. The maximum absolute atomic E-state index is 12.0. The van der Waals surface area contributed by atoms with Crippen molar-refractivity contribution in [2.45, 2.75) is 0 Å². The first-order valence-electron chi connectivity index (χ1n) is 5.30. The topological polar surface area (TPSA) is 47.2 Å². The van der Waals surface area contributed by atoms with Gasteiger partial charge in [0.1, 0.15) is 0 Å². The van der Waals surface area contributed by atoms with Crippen molar-refractivity contribution in [2.75, 3.05) is 19.0 Å². The first-order chi connectivity index (χ1) is 7.93. The van der Waals surface area contributed by atoms with Crippen LogP contribution in [0.1, 0.15) is 0 Å². The van der Waals surface area contributed by atoms with E-state index in [0.29, 0.717) is 10.9 Å². The molecule has 0 fully saturated rings. The number of nitrogens with zero attached hydrogens (tertiary/aromatic N) is 3. The maximum Gasteiger partial charge on any atom is 0.330 e. The summed E-state index contributed by atoms with van der Waals surface area (Å²) in [6.45, 7) is 0. The number of aromatic nitrogens is 2. The molecular weight excluding hydrogens is 218 g/mol. The predicted octanol–water partition coefficient (Wildman–Crippen LogP) is 0.303. The Bertz CT molecular complexity index is 695. The normalized spacial score (nSPS) is 10.8. The summed E-state index contributed by atoms with van der Waals surface area (Å²) < 4.78 is 2.61. The van der Waals surface area contributed by atoms with Crippen molar-refractivity contribution in [1.82, 2.24) is 9.13 Å². The quantitative estimate of drug-likeness (QED) is 0.712. The largest absolute Gasteiger partial charge is 0.378 e. The highest BCUT2D eigenvalue weighted by molar-refractivity contribution is 5.82. The maximum atomic E-state index is 12.0. The van der Waals surface area contributed by atoms with E-state index < -0.39 is 0 Å². The minimum absolute atomic E-state index is 0.258. The van der Waals surface area contributed by atoms with E-state index in [1.807, 2.05) is 25.1 Å². The molecule has 90 valence electrons. The zero-order valence-electron chi connectivity index (χ0n) is 10.4. The van der Waals surface area contributed by atoms with E-state index in [1.54, 1.807) is 19.2 Å². The molecule has 5 nitrogen and oxygen atoms in total. The Hall–Kier alpha value is -2.04. The minimum Gasteiger partial charge on any atom is -0.378 e. The van der Waals surface area contributed by atoms with E-state index in [2.05, 4.69) is 0 Å². The average Bonchev–Trinajstić information content (AvgIpc) is 2.32. The van der Waals surface area contributed by atoms with Gasteiger partial charge in [-0.2, -0.15) is 0 Å². The van der Waals surface area contributed by atoms with Crippen LogP contribution in [-0.4, -0.2) is 23.2 Å². The number of aryl methyl sites for hydroxylation is 1. The van der Waals surface area contributed by atoms with Gasteiger partial charge in [-0.3, -0.25) is 13.9 Å². The van der Waals surface area contributed by atoms with Gasteiger partial charge in [-0.05, 0) is 18.2 Å². The summed E-state index contributed by atoms with van der Waals surface area (Å²) in [7, 11) is 6.98. The third-order valence-corrected chi connectivity index (χ3v) is 2.97. The first kappa shape index (κ1) is 11.4. The smallest absolute Gasteiger partial charge is 0.330 e. The number of anilines is 1. The van der Waals surface area contributed by atoms with Crippen LogP contribution in [0, 0.1) is 0 Å². The summed E-state index contributed by atoms with van der Waals surface area (Å²) in [6, 6.07) is 5.49. The second-order valence-electron chi connectivity index (χ2n) is 4.30. The summed E-state index contributed by atoms with van der Waals surface area (Å²) in [5.74, 6) is 0. The molecule has 1 aromatic carbocycles. The number of benzene rings is 1. The summed E-state index contributed by atoms with van der Waals surface area (Å²) in [5, 5.41) is 0.556. The Morgan fingerprint density at radius 1 is 1.06 bits per heavy atom. The van der Waals surface area contributed by atoms with Crippen molar-refractivity contribution in [1.29, 1.82) is 0 Å². The molecule has 1 heterocycles. The zero-order valence-corrected chi connectivity index (χ0v) is 10.4. The lowest BCUT2D eigenvalue weighted by atomic mass is 10.2. The molecule has 2 rings (SSSR count). The number of hydrogen-bond acceptors (Lipinski definition) is 3. The third-order valence-electron chi connectivity index (χ3n) is 2.97. The van der Waals surface area contributed by atoms with Crippen LogP contribution >= 0.6 is 0 Å². The summed E-state index contributed by atoms with van der Waals surface area (Å²) in [4.78, 5) is 25.7. The molecule has 1 aromatic heterocycles. The SMILES string of the molecule is CN(C)c1ccc2c(c1)c(=O)n(C)c(=O)n2C. The monoisotopic (exact) mass is 233 g/mol. The number of hydrogen-bond donors (Lipinski definition) is 0. The standard InChI is InChI=1S/C12H15N3O2/c1-13(2)8-5-6-10-9(7-8)11(16)15(4)12(17)14(10)3/h5-7H,1-4H3. The molecule has 0 bridgehead atoms. The van der Waals surface area contributed by atoms with Crippen LogP contribution in [0.3, 0.4) is 0 Å². The summed E-state index contributed by atoms with van der Waals surface area (Å²) >= 11 is 0. The average molecular weight is 233 g/mol. The Morgan fingerprint density at radius 2 is 1.71 bits per heavy atom. The van der Waals surface area contributed by atoms with Crippen LogP contribution in [0.2, 0.25) is 0 Å². The van der Waals surface area contributed by atoms with Gasteiger partial charge in [-0.1, -0.05) is 0 Å². The molecule has 0 spiro atoms. The molecule has 5 heteroatoms. The molecule has 0 saturated carbocycles. The fraction of sp³-hybridized carbons (Fsp3) is 0.333. The fourth-order valence-electron chi connectivity index (χ4n) is 1.86. The van der Waals surface area contributed by atoms with Gasteiger partial charge in [0.25, 0.3) is 5.56 Å². The van der Waals surface area contributed by atoms with E-state index in [9.17, 15) is 9.59 Å². The van der Waals surface area contributed by atoms with Gasteiger partial charge in [0.2, 0.25) is 0 Å². The van der Waals surface area contributed by atoms with Gasteiger partial charge in [0, 0.05) is 33.9 Å². The van der Waals surface area contributed by atoms with Crippen LogP contribution in [0.25, 0.3) is 10.9 Å². The Balaban J connectivity index is 2.97. The first-order valence-corrected chi connectivity index (χ1v) is 5.30. The fourth-order valence-corrected chi connectivity index (χ4v) is 1.86. The van der Waals surface area contributed by atoms with Crippen LogP contribution in [0.4, 0.5) is 5.69 Å². The molecule has 2 aromatic rings. The number of fused-ring (bicyclic) bond motifs is 1. The van der Waals surface area contributed by atoms with Crippen molar-refractivity contribution in [2.24, 2.45) is 14.1 Å². The third kappa shape index (κ3) is 1.63. The molecular formula is C12H15N3O2. The Kier molecular flexibility index (Phi) is 2.53. The highest BCUT2D eigenvalue weighted by Gasteiger charge is 2.09. The van der Waals surface area contributed by atoms with Crippen LogP contribution in [-0.2, 0) is 14.1 Å². The molecule has 0 aliphatic rings. The van der Waals surface area contributed by atoms with Crippen molar-refractivity contribution < 1.29 is 0 Å². The van der Waals surface area contributed by atoms with E-state index in [4.69, 9.17) is 0 Å². The molecule has 17 heavy (non-hydrogen) atoms. The molecule has 0 atom stereocenters. The van der Waals surface area contributed by atoms with Gasteiger partial charge in [-0.15, -0.1) is 0 Å². The van der Waals surface area contributed by atoms with Crippen molar-refractivity contribution in [3.05, 3.63) is 39.0 Å². The molecule has 0 unspecified atom stereocenters. The minimum atomic E-state index is -0.305. The number of rotatable bonds is 1. The Morgan fingerprint density at radius 3 is 2.29 bits per heavy atom. The lowest BCUT2D eigenvalue weighted by Gasteiger charge is -2.14. The highest BCUT2D eigenvalue weighted by Crippen LogP contribution is 2.16. The van der Waals surface area contributed by atoms with Gasteiger partial charge in [0.05, 0.1) is 10.9 Å². The second kappa shape index (κ2) is 3.76. The lowest BCUT2D eigenvalue weighted by Crippen LogP contribution is -2.37. The Labute approximate surface area is 98.5 Å². The summed E-state index contributed by atoms with van der Waals surface area (Å²) in [5.41, 5.74) is 1.03. The van der Waals surface area contributed by atoms with Gasteiger partial charge in [-0.25, -0.2) is 4.79 Å². The van der Waals surface area contributed by atoms with E-state index in [0.717, 1.165) is 10.3 Å². The van der Waals surface area contributed by atoms with Gasteiger partial charge in [0.15, 0.2) is 0 Å². The van der Waals surface area contributed by atoms with Gasteiger partial charge < -0.3 is 4.90 Å². The lowest BCUT2D eigenvalue weighted by molar-refractivity contribution is 0.713. The van der Waals surface area contributed by atoms with Crippen molar-refractivity contribution in [3.8, 4) is 0 Å². The van der Waals surface area contributed by atoms with E-state index >= 15 is 0 Å². The highest BCUT2D eigenvalue weighted by atomic mass is 16.2. The molecule has 0 saturated heterocycles. The molecule has 0 aliphatic heterocycles. The van der Waals surface area contributed by atoms with E-state index in [1.165, 1.54) is 11.6 Å². The predicted molar refractivity (Wildman–Crippen MR) is 68.8 cm³/mol. The molecule has 0 amide bonds. The summed E-state index contributed by atoms with van der Waals surface area (Å²) in [6.07, 6.45) is 0. The van der Waals surface area contributed by atoms with Crippen LogP contribution < -0.4 is 16.1 Å². The van der Waals surface area contributed by atoms with Crippen molar-refractivity contribution in [3.63, 3.8) is 0 Å². The molecule has 0 aliphatic carbocycles. The second-order valence-corrected chi connectivity index (χ2v) is 4.30. The molecule has 0 N–H and O–H groups in total. The molecule has 0 radical (unpaired) electrons. The van der Waals surface area contributed by atoms with Gasteiger partial charge >= 0.3 is 5.69 Å². The van der Waals surface area contributed by atoms with E-state index in [-0.39, 0.29) is 11.2 Å².